The van der Waals surface area contributed by atoms with E-state index in [1.54, 1.807) is 36.5 Å². The minimum absolute atomic E-state index is 0.252. The average molecular weight is 376 g/mol. The lowest BCUT2D eigenvalue weighted by Crippen LogP contribution is -2.21. The van der Waals surface area contributed by atoms with Gasteiger partial charge < -0.3 is 15.0 Å². The Morgan fingerprint density at radius 1 is 1.04 bits per heavy atom. The van der Waals surface area contributed by atoms with Crippen LogP contribution in [0.15, 0.2) is 66.9 Å². The topological polar surface area (TPSA) is 84.4 Å². The van der Waals surface area contributed by atoms with Gasteiger partial charge in [0.2, 0.25) is 5.95 Å². The van der Waals surface area contributed by atoms with Crippen LogP contribution in [0, 0.1) is 0 Å². The van der Waals surface area contributed by atoms with Crippen LogP contribution in [0.25, 0.3) is 0 Å². The van der Waals surface area contributed by atoms with Crippen molar-refractivity contribution in [2.24, 2.45) is 0 Å². The standard InChI is InChI=1S/C21H20N4O3/c1-25(14-15-6-4-3-5-7-15)21-22-13-12-18(24-21)19(26)23-17-10-8-16(9-11-17)20(27)28-2/h3-13H,14H2,1-2H3,(H,23,26). The number of amides is 1. The molecule has 3 rings (SSSR count). The highest BCUT2D eigenvalue weighted by atomic mass is 16.5. The van der Waals surface area contributed by atoms with E-state index < -0.39 is 5.97 Å². The summed E-state index contributed by atoms with van der Waals surface area (Å²) in [6.45, 7) is 0.626. The van der Waals surface area contributed by atoms with Gasteiger partial charge >= 0.3 is 5.97 Å². The second kappa shape index (κ2) is 8.77. The highest BCUT2D eigenvalue weighted by molar-refractivity contribution is 6.03. The van der Waals surface area contributed by atoms with Gasteiger partial charge in [-0.2, -0.15) is 0 Å². The summed E-state index contributed by atoms with van der Waals surface area (Å²) >= 11 is 0. The van der Waals surface area contributed by atoms with Gasteiger partial charge in [0.1, 0.15) is 5.69 Å². The molecule has 0 fully saturated rings. The zero-order valence-electron chi connectivity index (χ0n) is 15.6. The molecule has 0 unspecified atom stereocenters. The Morgan fingerprint density at radius 2 is 1.75 bits per heavy atom. The van der Waals surface area contributed by atoms with Crippen LogP contribution in [0.3, 0.4) is 0 Å². The fourth-order valence-electron chi connectivity index (χ4n) is 2.59. The maximum absolute atomic E-state index is 12.5. The average Bonchev–Trinajstić information content (AvgIpc) is 2.74. The van der Waals surface area contributed by atoms with Crippen molar-refractivity contribution in [2.45, 2.75) is 6.54 Å². The molecular formula is C21H20N4O3. The third-order valence-corrected chi connectivity index (χ3v) is 4.04. The van der Waals surface area contributed by atoms with Crippen molar-refractivity contribution < 1.29 is 14.3 Å². The lowest BCUT2D eigenvalue weighted by Gasteiger charge is -2.17. The molecule has 0 aliphatic heterocycles. The Labute approximate surface area is 163 Å². The SMILES string of the molecule is COC(=O)c1ccc(NC(=O)c2ccnc(N(C)Cc3ccccc3)n2)cc1. The normalized spacial score (nSPS) is 10.2. The van der Waals surface area contributed by atoms with E-state index in [0.29, 0.717) is 23.7 Å². The van der Waals surface area contributed by atoms with Crippen LogP contribution in [0.2, 0.25) is 0 Å². The van der Waals surface area contributed by atoms with E-state index in [1.807, 2.05) is 42.3 Å². The van der Waals surface area contributed by atoms with Crippen molar-refractivity contribution in [3.63, 3.8) is 0 Å². The summed E-state index contributed by atoms with van der Waals surface area (Å²) in [5.41, 5.74) is 2.33. The van der Waals surface area contributed by atoms with Crippen molar-refractivity contribution in [3.8, 4) is 0 Å². The molecule has 2 aromatic carbocycles. The fourth-order valence-corrected chi connectivity index (χ4v) is 2.59. The monoisotopic (exact) mass is 376 g/mol. The molecule has 0 atom stereocenters. The molecule has 7 nitrogen and oxygen atoms in total. The van der Waals surface area contributed by atoms with Gasteiger partial charge in [0.05, 0.1) is 12.7 Å². The number of esters is 1. The van der Waals surface area contributed by atoms with Crippen LogP contribution in [-0.4, -0.2) is 36.0 Å². The van der Waals surface area contributed by atoms with Gasteiger partial charge in [0, 0.05) is 25.5 Å². The molecule has 0 saturated carbocycles. The van der Waals surface area contributed by atoms with Gasteiger partial charge in [-0.25, -0.2) is 14.8 Å². The van der Waals surface area contributed by atoms with E-state index in [4.69, 9.17) is 0 Å². The summed E-state index contributed by atoms with van der Waals surface area (Å²) in [6, 6.07) is 17.9. The summed E-state index contributed by atoms with van der Waals surface area (Å²) in [5, 5.41) is 2.76. The maximum atomic E-state index is 12.5. The minimum Gasteiger partial charge on any atom is -0.465 e. The van der Waals surface area contributed by atoms with Gasteiger partial charge in [0.25, 0.3) is 5.91 Å². The molecule has 3 aromatic rings. The minimum atomic E-state index is -0.431. The molecule has 0 aliphatic rings. The number of hydrogen-bond acceptors (Lipinski definition) is 6. The molecule has 0 saturated heterocycles. The number of aromatic nitrogens is 2. The molecule has 0 bridgehead atoms. The first-order chi connectivity index (χ1) is 13.6. The molecule has 1 amide bonds. The quantitative estimate of drug-likeness (QED) is 0.665. The molecule has 1 N–H and O–H groups in total. The second-order valence-electron chi connectivity index (χ2n) is 6.11. The number of nitrogens with one attached hydrogen (secondary N) is 1. The number of methoxy groups -OCH3 is 1. The number of ether oxygens (including phenoxy) is 1. The highest BCUT2D eigenvalue weighted by Crippen LogP contribution is 2.14. The molecule has 0 radical (unpaired) electrons. The predicted octanol–water partition coefficient (Wildman–Crippen LogP) is 3.15. The number of carbonyl (C=O) groups is 2. The largest absolute Gasteiger partial charge is 0.465 e. The maximum Gasteiger partial charge on any atom is 0.337 e. The summed E-state index contributed by atoms with van der Waals surface area (Å²) in [7, 11) is 3.19. The summed E-state index contributed by atoms with van der Waals surface area (Å²) in [5.74, 6) is -0.333. The lowest BCUT2D eigenvalue weighted by atomic mass is 10.2. The van der Waals surface area contributed by atoms with Crippen LogP contribution in [0.4, 0.5) is 11.6 Å². The van der Waals surface area contributed by atoms with Crippen molar-refractivity contribution >= 4 is 23.5 Å². The third kappa shape index (κ3) is 4.70. The van der Waals surface area contributed by atoms with Crippen molar-refractivity contribution in [3.05, 3.63) is 83.7 Å². The van der Waals surface area contributed by atoms with E-state index in [9.17, 15) is 9.59 Å². The number of benzene rings is 2. The van der Waals surface area contributed by atoms with Crippen LogP contribution >= 0.6 is 0 Å². The first-order valence-corrected chi connectivity index (χ1v) is 8.64. The van der Waals surface area contributed by atoms with Gasteiger partial charge in [-0.15, -0.1) is 0 Å². The second-order valence-corrected chi connectivity index (χ2v) is 6.11. The van der Waals surface area contributed by atoms with Crippen LogP contribution in [0.5, 0.6) is 0 Å². The van der Waals surface area contributed by atoms with Gasteiger partial charge in [-0.05, 0) is 35.9 Å². The van der Waals surface area contributed by atoms with Crippen molar-refractivity contribution in [2.75, 3.05) is 24.4 Å². The molecule has 142 valence electrons. The predicted molar refractivity (Wildman–Crippen MR) is 106 cm³/mol. The zero-order valence-corrected chi connectivity index (χ0v) is 15.6. The van der Waals surface area contributed by atoms with Crippen LogP contribution in [0.1, 0.15) is 26.4 Å². The number of carbonyl (C=O) groups excluding carboxylic acids is 2. The summed E-state index contributed by atoms with van der Waals surface area (Å²) < 4.78 is 4.66. The number of nitrogens with zero attached hydrogens (tertiary/aromatic N) is 3. The molecule has 7 heteroatoms. The Morgan fingerprint density at radius 3 is 2.43 bits per heavy atom. The number of anilines is 2. The van der Waals surface area contributed by atoms with E-state index in [1.165, 1.54) is 7.11 Å². The molecule has 1 heterocycles. The van der Waals surface area contributed by atoms with E-state index in [2.05, 4.69) is 20.0 Å². The van der Waals surface area contributed by atoms with E-state index >= 15 is 0 Å². The third-order valence-electron chi connectivity index (χ3n) is 4.04. The van der Waals surface area contributed by atoms with Gasteiger partial charge in [-0.3, -0.25) is 4.79 Å². The van der Waals surface area contributed by atoms with Crippen molar-refractivity contribution in [1.82, 2.24) is 9.97 Å². The molecule has 1 aromatic heterocycles. The first kappa shape index (κ1) is 19.0. The Kier molecular flexibility index (Phi) is 5.96. The number of rotatable bonds is 6. The summed E-state index contributed by atoms with van der Waals surface area (Å²) in [6.07, 6.45) is 1.55. The Hall–Kier alpha value is -3.74. The first-order valence-electron chi connectivity index (χ1n) is 8.64. The Balaban J connectivity index is 1.69. The highest BCUT2D eigenvalue weighted by Gasteiger charge is 2.12. The van der Waals surface area contributed by atoms with Gasteiger partial charge in [0.15, 0.2) is 0 Å². The molecule has 28 heavy (non-hydrogen) atoms. The van der Waals surface area contributed by atoms with Gasteiger partial charge in [-0.1, -0.05) is 30.3 Å². The molecular weight excluding hydrogens is 356 g/mol. The van der Waals surface area contributed by atoms with Crippen LogP contribution < -0.4 is 10.2 Å². The summed E-state index contributed by atoms with van der Waals surface area (Å²) in [4.78, 5) is 34.5. The van der Waals surface area contributed by atoms with E-state index in [-0.39, 0.29) is 11.6 Å². The number of hydrogen-bond donors (Lipinski definition) is 1. The smallest absolute Gasteiger partial charge is 0.337 e. The van der Waals surface area contributed by atoms with Crippen molar-refractivity contribution in [1.29, 1.82) is 0 Å². The van der Waals surface area contributed by atoms with E-state index in [0.717, 1.165) is 5.56 Å². The van der Waals surface area contributed by atoms with Crippen LogP contribution in [-0.2, 0) is 11.3 Å². The molecule has 0 spiro atoms. The molecule has 0 aliphatic carbocycles. The zero-order chi connectivity index (χ0) is 19.9. The fraction of sp³-hybridized carbons (Fsp3) is 0.143. The lowest BCUT2D eigenvalue weighted by molar-refractivity contribution is 0.0600. The Bertz CT molecular complexity index is 959.